The Balaban J connectivity index is 3.14. The van der Waals surface area contributed by atoms with Crippen molar-refractivity contribution in [2.45, 2.75) is 96.8 Å². The first kappa shape index (κ1) is 22.8. The Labute approximate surface area is 149 Å². The molecule has 0 bridgehead atoms. The van der Waals surface area contributed by atoms with Crippen LogP contribution in [-0.2, 0) is 4.74 Å². The van der Waals surface area contributed by atoms with Crippen molar-refractivity contribution in [3.05, 3.63) is 24.3 Å². The van der Waals surface area contributed by atoms with Gasteiger partial charge in [0.25, 0.3) is 0 Å². The van der Waals surface area contributed by atoms with Crippen LogP contribution >= 0.6 is 0 Å². The average Bonchev–Trinajstić information content (AvgIpc) is 2.56. The number of carbonyl (C=O) groups excluding carboxylic acids is 1. The van der Waals surface area contributed by atoms with E-state index < -0.39 is 6.09 Å². The average molecular weight is 338 g/mol. The Morgan fingerprint density at radius 1 is 0.750 bits per heavy atom. The molecular formula is C21H39NO2. The fourth-order valence-corrected chi connectivity index (χ4v) is 2.62. The summed E-state index contributed by atoms with van der Waals surface area (Å²) >= 11 is 0. The molecule has 0 fully saturated rings. The van der Waals surface area contributed by atoms with Gasteiger partial charge in [0.2, 0.25) is 0 Å². The van der Waals surface area contributed by atoms with Gasteiger partial charge in [-0.2, -0.15) is 0 Å². The summed E-state index contributed by atoms with van der Waals surface area (Å²) in [6.07, 6.45) is 26.0. The van der Waals surface area contributed by atoms with E-state index in [1.165, 1.54) is 70.6 Å². The predicted molar refractivity (Wildman–Crippen MR) is 104 cm³/mol. The second kappa shape index (κ2) is 19.8. The van der Waals surface area contributed by atoms with E-state index in [1.807, 2.05) is 0 Å². The summed E-state index contributed by atoms with van der Waals surface area (Å²) in [5.74, 6) is 0. The van der Waals surface area contributed by atoms with Gasteiger partial charge in [0.05, 0.1) is 6.61 Å². The molecule has 0 unspecified atom stereocenters. The highest BCUT2D eigenvalue weighted by Gasteiger charge is 1.94. The Bertz CT molecular complexity index is 324. The normalized spacial score (nSPS) is 11.5. The second-order valence-corrected chi connectivity index (χ2v) is 6.46. The maximum absolute atomic E-state index is 10.4. The van der Waals surface area contributed by atoms with Crippen LogP contribution in [0.2, 0.25) is 0 Å². The molecule has 3 heteroatoms. The molecule has 1 amide bonds. The van der Waals surface area contributed by atoms with E-state index in [0.29, 0.717) is 6.61 Å². The first-order chi connectivity index (χ1) is 11.8. The molecule has 0 aliphatic carbocycles. The third-order valence-electron chi connectivity index (χ3n) is 4.09. The van der Waals surface area contributed by atoms with E-state index in [0.717, 1.165) is 19.3 Å². The van der Waals surface area contributed by atoms with Crippen molar-refractivity contribution in [2.75, 3.05) is 6.61 Å². The quantitative estimate of drug-likeness (QED) is 0.238. The van der Waals surface area contributed by atoms with Gasteiger partial charge in [-0.15, -0.1) is 0 Å². The lowest BCUT2D eigenvalue weighted by atomic mass is 10.1. The van der Waals surface area contributed by atoms with Gasteiger partial charge in [-0.05, 0) is 38.5 Å². The SMILES string of the molecule is CCCCC/C=C/C/C=C/CCCCCCCCCCOC(N)=O. The van der Waals surface area contributed by atoms with Gasteiger partial charge < -0.3 is 10.5 Å². The molecule has 0 aliphatic rings. The molecule has 2 N–H and O–H groups in total. The molecule has 0 atom stereocenters. The zero-order valence-corrected chi connectivity index (χ0v) is 15.8. The van der Waals surface area contributed by atoms with Crippen LogP contribution in [0.25, 0.3) is 0 Å². The highest BCUT2D eigenvalue weighted by Crippen LogP contribution is 2.10. The van der Waals surface area contributed by atoms with Crippen LogP contribution in [0.15, 0.2) is 24.3 Å². The number of nitrogens with two attached hydrogens (primary N) is 1. The number of primary amides is 1. The van der Waals surface area contributed by atoms with Gasteiger partial charge in [-0.1, -0.05) is 82.6 Å². The molecule has 0 aliphatic heterocycles. The predicted octanol–water partition coefficient (Wildman–Crippen LogP) is 6.68. The second-order valence-electron chi connectivity index (χ2n) is 6.46. The number of allylic oxidation sites excluding steroid dienone is 4. The third-order valence-corrected chi connectivity index (χ3v) is 4.09. The minimum absolute atomic E-state index is 0.468. The van der Waals surface area contributed by atoms with E-state index in [-0.39, 0.29) is 0 Å². The maximum atomic E-state index is 10.4. The van der Waals surface area contributed by atoms with Gasteiger partial charge >= 0.3 is 6.09 Å². The lowest BCUT2D eigenvalue weighted by Gasteiger charge is -2.02. The van der Waals surface area contributed by atoms with E-state index in [4.69, 9.17) is 10.5 Å². The fourth-order valence-electron chi connectivity index (χ4n) is 2.62. The van der Waals surface area contributed by atoms with Gasteiger partial charge in [0.15, 0.2) is 0 Å². The van der Waals surface area contributed by atoms with E-state index >= 15 is 0 Å². The number of hydrogen-bond acceptors (Lipinski definition) is 2. The monoisotopic (exact) mass is 337 g/mol. The number of unbranched alkanes of at least 4 members (excludes halogenated alkanes) is 11. The number of amides is 1. The molecule has 140 valence electrons. The summed E-state index contributed by atoms with van der Waals surface area (Å²) in [4.78, 5) is 10.4. The maximum Gasteiger partial charge on any atom is 0.404 e. The zero-order valence-electron chi connectivity index (χ0n) is 15.8. The Morgan fingerprint density at radius 2 is 1.25 bits per heavy atom. The molecule has 0 radical (unpaired) electrons. The highest BCUT2D eigenvalue weighted by atomic mass is 16.5. The Kier molecular flexibility index (Phi) is 18.8. The van der Waals surface area contributed by atoms with E-state index in [1.54, 1.807) is 0 Å². The minimum Gasteiger partial charge on any atom is -0.450 e. The van der Waals surface area contributed by atoms with Gasteiger partial charge in [0.1, 0.15) is 0 Å². The summed E-state index contributed by atoms with van der Waals surface area (Å²) in [5.41, 5.74) is 4.90. The number of ether oxygens (including phenoxy) is 1. The fraction of sp³-hybridized carbons (Fsp3) is 0.762. The van der Waals surface area contributed by atoms with Gasteiger partial charge in [0, 0.05) is 0 Å². The molecule has 0 saturated carbocycles. The van der Waals surface area contributed by atoms with Crippen molar-refractivity contribution in [3.63, 3.8) is 0 Å². The first-order valence-corrected chi connectivity index (χ1v) is 9.99. The zero-order chi connectivity index (χ0) is 17.7. The van der Waals surface area contributed by atoms with E-state index in [2.05, 4.69) is 31.2 Å². The molecule has 0 aromatic heterocycles. The summed E-state index contributed by atoms with van der Waals surface area (Å²) < 4.78 is 4.70. The lowest BCUT2D eigenvalue weighted by Crippen LogP contribution is -2.13. The number of carbonyl (C=O) groups is 1. The van der Waals surface area contributed by atoms with Crippen molar-refractivity contribution in [3.8, 4) is 0 Å². The number of rotatable bonds is 17. The first-order valence-electron chi connectivity index (χ1n) is 9.99. The Morgan fingerprint density at radius 3 is 1.79 bits per heavy atom. The minimum atomic E-state index is -0.660. The van der Waals surface area contributed by atoms with Crippen LogP contribution < -0.4 is 5.73 Å². The lowest BCUT2D eigenvalue weighted by molar-refractivity contribution is 0.154. The highest BCUT2D eigenvalue weighted by molar-refractivity contribution is 5.64. The molecule has 0 aromatic rings. The van der Waals surface area contributed by atoms with Crippen LogP contribution in [0.1, 0.15) is 96.8 Å². The summed E-state index contributed by atoms with van der Waals surface area (Å²) in [5, 5.41) is 0. The van der Waals surface area contributed by atoms with Crippen LogP contribution in [-0.4, -0.2) is 12.7 Å². The number of hydrogen-bond donors (Lipinski definition) is 1. The van der Waals surface area contributed by atoms with Crippen LogP contribution in [0.5, 0.6) is 0 Å². The largest absolute Gasteiger partial charge is 0.450 e. The molecule has 0 saturated heterocycles. The molecule has 0 aromatic carbocycles. The van der Waals surface area contributed by atoms with Gasteiger partial charge in [-0.3, -0.25) is 0 Å². The molecule has 24 heavy (non-hydrogen) atoms. The Hall–Kier alpha value is -1.25. The van der Waals surface area contributed by atoms with Crippen molar-refractivity contribution >= 4 is 6.09 Å². The van der Waals surface area contributed by atoms with Crippen LogP contribution in [0, 0.1) is 0 Å². The van der Waals surface area contributed by atoms with Crippen molar-refractivity contribution in [1.29, 1.82) is 0 Å². The molecule has 0 rings (SSSR count). The van der Waals surface area contributed by atoms with Crippen molar-refractivity contribution < 1.29 is 9.53 Å². The van der Waals surface area contributed by atoms with Gasteiger partial charge in [-0.25, -0.2) is 4.79 Å². The summed E-state index contributed by atoms with van der Waals surface area (Å²) in [6, 6.07) is 0. The van der Waals surface area contributed by atoms with Crippen LogP contribution in [0.4, 0.5) is 4.79 Å². The van der Waals surface area contributed by atoms with Crippen molar-refractivity contribution in [1.82, 2.24) is 0 Å². The van der Waals surface area contributed by atoms with Crippen molar-refractivity contribution in [2.24, 2.45) is 5.73 Å². The molecule has 0 heterocycles. The molecular weight excluding hydrogens is 298 g/mol. The summed E-state index contributed by atoms with van der Waals surface area (Å²) in [6.45, 7) is 2.71. The molecule has 0 spiro atoms. The van der Waals surface area contributed by atoms with Crippen LogP contribution in [0.3, 0.4) is 0 Å². The topological polar surface area (TPSA) is 52.3 Å². The molecule has 3 nitrogen and oxygen atoms in total. The standard InChI is InChI=1S/C21H39NO2/c1-2-3-4-5-6-7-8-9-10-11-12-13-14-15-16-17-18-19-20-24-21(22)23/h6-7,9-10H,2-5,8,11-20H2,1H3,(H2,22,23)/b7-6+,10-9+. The van der Waals surface area contributed by atoms with E-state index in [9.17, 15) is 4.79 Å². The smallest absolute Gasteiger partial charge is 0.404 e. The summed E-state index contributed by atoms with van der Waals surface area (Å²) in [7, 11) is 0. The third kappa shape index (κ3) is 20.8.